The summed E-state index contributed by atoms with van der Waals surface area (Å²) in [5.74, 6) is 0.122. The summed E-state index contributed by atoms with van der Waals surface area (Å²) >= 11 is 7.43. The quantitative estimate of drug-likeness (QED) is 0.716. The number of nitrogens with zero attached hydrogens (tertiary/aromatic N) is 1. The van der Waals surface area contributed by atoms with Gasteiger partial charge in [0.25, 0.3) is 5.91 Å². The lowest BCUT2D eigenvalue weighted by Crippen LogP contribution is -2.22. The highest BCUT2D eigenvalue weighted by Crippen LogP contribution is 2.33. The number of nitrogens with two attached hydrogens (primary N) is 1. The molecule has 1 aromatic carbocycles. The van der Waals surface area contributed by atoms with E-state index in [4.69, 9.17) is 17.3 Å². The number of carbonyl (C=O) groups excluding carboxylic acids is 1. The highest BCUT2D eigenvalue weighted by molar-refractivity contribution is 7.21. The average molecular weight is 360 g/mol. The van der Waals surface area contributed by atoms with Crippen LogP contribution in [0.3, 0.4) is 0 Å². The standard InChI is InChI=1S/C18H18ClN3OS/c1-10(2)14-8-7-12-15(20)16(24-18(12)22-14)17(23)21-9-11-5-3-4-6-13(11)19/h3-8,10H,9,20H2,1-2H3,(H,21,23). The smallest absolute Gasteiger partial charge is 0.263 e. The number of halogens is 1. The zero-order valence-corrected chi connectivity index (χ0v) is 15.0. The van der Waals surface area contributed by atoms with E-state index < -0.39 is 0 Å². The molecule has 0 fully saturated rings. The third-order valence-electron chi connectivity index (χ3n) is 3.81. The van der Waals surface area contributed by atoms with Crippen molar-refractivity contribution in [1.82, 2.24) is 10.3 Å². The lowest BCUT2D eigenvalue weighted by molar-refractivity contribution is 0.0956. The van der Waals surface area contributed by atoms with Gasteiger partial charge in [0.2, 0.25) is 0 Å². The summed E-state index contributed by atoms with van der Waals surface area (Å²) in [7, 11) is 0. The van der Waals surface area contributed by atoms with Crippen molar-refractivity contribution in [3.05, 3.63) is 57.6 Å². The molecule has 6 heteroatoms. The molecule has 3 aromatic rings. The fourth-order valence-corrected chi connectivity index (χ4v) is 3.62. The van der Waals surface area contributed by atoms with E-state index in [9.17, 15) is 4.79 Å². The molecule has 0 unspecified atom stereocenters. The van der Waals surface area contributed by atoms with Gasteiger partial charge >= 0.3 is 0 Å². The van der Waals surface area contributed by atoms with Gasteiger partial charge < -0.3 is 11.1 Å². The number of fused-ring (bicyclic) bond motifs is 1. The summed E-state index contributed by atoms with van der Waals surface area (Å²) in [6.07, 6.45) is 0. The number of hydrogen-bond donors (Lipinski definition) is 2. The first-order chi connectivity index (χ1) is 11.5. The predicted octanol–water partition coefficient (Wildman–Crippen LogP) is 4.59. The maximum absolute atomic E-state index is 12.5. The lowest BCUT2D eigenvalue weighted by atomic mass is 10.1. The molecule has 0 aliphatic rings. The van der Waals surface area contributed by atoms with Crippen LogP contribution in [0.2, 0.25) is 5.02 Å². The monoisotopic (exact) mass is 359 g/mol. The number of thiophene rings is 1. The highest BCUT2D eigenvalue weighted by Gasteiger charge is 2.18. The number of rotatable bonds is 4. The van der Waals surface area contributed by atoms with E-state index in [-0.39, 0.29) is 5.91 Å². The van der Waals surface area contributed by atoms with Crippen molar-refractivity contribution in [2.75, 3.05) is 5.73 Å². The average Bonchev–Trinajstić information content (AvgIpc) is 2.90. The molecule has 0 bridgehead atoms. The summed E-state index contributed by atoms with van der Waals surface area (Å²) in [5.41, 5.74) is 8.49. The van der Waals surface area contributed by atoms with E-state index in [2.05, 4.69) is 24.1 Å². The van der Waals surface area contributed by atoms with E-state index >= 15 is 0 Å². The molecule has 1 amide bonds. The molecule has 2 aromatic heterocycles. The number of pyridine rings is 1. The fourth-order valence-electron chi connectivity index (χ4n) is 2.40. The third kappa shape index (κ3) is 3.23. The van der Waals surface area contributed by atoms with Gasteiger partial charge in [-0.15, -0.1) is 11.3 Å². The molecule has 0 radical (unpaired) electrons. The number of benzene rings is 1. The van der Waals surface area contributed by atoms with Crippen LogP contribution >= 0.6 is 22.9 Å². The molecule has 2 heterocycles. The minimum atomic E-state index is -0.207. The zero-order chi connectivity index (χ0) is 17.3. The lowest BCUT2D eigenvalue weighted by Gasteiger charge is -2.06. The number of hydrogen-bond acceptors (Lipinski definition) is 4. The molecule has 0 saturated carbocycles. The summed E-state index contributed by atoms with van der Waals surface area (Å²) in [4.78, 5) is 18.4. The molecule has 124 valence electrons. The number of aromatic nitrogens is 1. The fraction of sp³-hybridized carbons (Fsp3) is 0.222. The minimum Gasteiger partial charge on any atom is -0.397 e. The molecule has 4 nitrogen and oxygen atoms in total. The van der Waals surface area contributed by atoms with Crippen molar-refractivity contribution in [2.45, 2.75) is 26.3 Å². The van der Waals surface area contributed by atoms with Crippen LogP contribution in [0.1, 0.15) is 40.7 Å². The van der Waals surface area contributed by atoms with Gasteiger partial charge in [0.1, 0.15) is 9.71 Å². The van der Waals surface area contributed by atoms with Crippen LogP contribution in [0.15, 0.2) is 36.4 Å². The summed E-state index contributed by atoms with van der Waals surface area (Å²) in [6.45, 7) is 4.53. The van der Waals surface area contributed by atoms with E-state index in [1.54, 1.807) is 6.07 Å². The molecule has 0 aliphatic carbocycles. The molecule has 0 aliphatic heterocycles. The van der Waals surface area contributed by atoms with Crippen LogP contribution in [0, 0.1) is 0 Å². The Labute approximate surface area is 149 Å². The van der Waals surface area contributed by atoms with E-state index in [1.165, 1.54) is 11.3 Å². The number of amides is 1. The van der Waals surface area contributed by atoms with Crippen molar-refractivity contribution < 1.29 is 4.79 Å². The predicted molar refractivity (Wildman–Crippen MR) is 101 cm³/mol. The number of nitrogens with one attached hydrogen (secondary N) is 1. The van der Waals surface area contributed by atoms with Gasteiger partial charge in [0, 0.05) is 22.6 Å². The van der Waals surface area contributed by atoms with Gasteiger partial charge in [0.15, 0.2) is 0 Å². The third-order valence-corrected chi connectivity index (χ3v) is 5.29. The second-order valence-electron chi connectivity index (χ2n) is 5.86. The SMILES string of the molecule is CC(C)c1ccc2c(N)c(C(=O)NCc3ccccc3Cl)sc2n1. The number of nitrogen functional groups attached to an aromatic ring is 1. The largest absolute Gasteiger partial charge is 0.397 e. The van der Waals surface area contributed by atoms with Gasteiger partial charge in [-0.2, -0.15) is 0 Å². The first-order valence-corrected chi connectivity index (χ1v) is 8.87. The van der Waals surface area contributed by atoms with E-state index in [1.807, 2.05) is 30.3 Å². The normalized spacial score (nSPS) is 11.2. The van der Waals surface area contributed by atoms with Crippen LogP contribution in [0.4, 0.5) is 5.69 Å². The Kier molecular flexibility index (Phi) is 4.73. The summed E-state index contributed by atoms with van der Waals surface area (Å²) in [5, 5.41) is 4.33. The first-order valence-electron chi connectivity index (χ1n) is 7.68. The Hall–Kier alpha value is -2.11. The van der Waals surface area contributed by atoms with Crippen LogP contribution in [0.5, 0.6) is 0 Å². The summed E-state index contributed by atoms with van der Waals surface area (Å²) in [6, 6.07) is 11.3. The Balaban J connectivity index is 1.84. The van der Waals surface area contributed by atoms with Crippen molar-refractivity contribution in [3.63, 3.8) is 0 Å². The second kappa shape index (κ2) is 6.79. The Bertz CT molecular complexity index is 904. The molecule has 24 heavy (non-hydrogen) atoms. The van der Waals surface area contributed by atoms with Crippen LogP contribution < -0.4 is 11.1 Å². The van der Waals surface area contributed by atoms with Crippen LogP contribution in [0.25, 0.3) is 10.2 Å². The Morgan fingerprint density at radius 1 is 1.29 bits per heavy atom. The number of anilines is 1. The van der Waals surface area contributed by atoms with Gasteiger partial charge in [-0.1, -0.05) is 43.6 Å². The molecule has 0 saturated heterocycles. The maximum atomic E-state index is 12.5. The molecular formula is C18H18ClN3OS. The van der Waals surface area contributed by atoms with Crippen LogP contribution in [-0.2, 0) is 6.54 Å². The molecule has 0 spiro atoms. The van der Waals surface area contributed by atoms with Gasteiger partial charge in [-0.25, -0.2) is 4.98 Å². The zero-order valence-electron chi connectivity index (χ0n) is 13.5. The molecular weight excluding hydrogens is 342 g/mol. The molecule has 0 atom stereocenters. The van der Waals surface area contributed by atoms with Crippen molar-refractivity contribution in [2.24, 2.45) is 0 Å². The maximum Gasteiger partial charge on any atom is 0.263 e. The Morgan fingerprint density at radius 2 is 2.04 bits per heavy atom. The van der Waals surface area contributed by atoms with Crippen molar-refractivity contribution in [1.29, 1.82) is 0 Å². The first kappa shape index (κ1) is 16.7. The molecule has 3 N–H and O–H groups in total. The van der Waals surface area contributed by atoms with Crippen molar-refractivity contribution in [3.8, 4) is 0 Å². The topological polar surface area (TPSA) is 68.0 Å². The van der Waals surface area contributed by atoms with E-state index in [0.29, 0.717) is 28.0 Å². The van der Waals surface area contributed by atoms with Gasteiger partial charge in [-0.3, -0.25) is 4.79 Å². The van der Waals surface area contributed by atoms with Crippen molar-refractivity contribution >= 4 is 44.7 Å². The minimum absolute atomic E-state index is 0.207. The van der Waals surface area contributed by atoms with Gasteiger partial charge in [-0.05, 0) is 29.7 Å². The van der Waals surface area contributed by atoms with Crippen LogP contribution in [-0.4, -0.2) is 10.9 Å². The summed E-state index contributed by atoms with van der Waals surface area (Å²) < 4.78 is 0. The Morgan fingerprint density at radius 3 is 2.75 bits per heavy atom. The molecule has 3 rings (SSSR count). The highest BCUT2D eigenvalue weighted by atomic mass is 35.5. The van der Waals surface area contributed by atoms with E-state index in [0.717, 1.165) is 21.5 Å². The number of carbonyl (C=O) groups is 1. The second-order valence-corrected chi connectivity index (χ2v) is 7.27. The van der Waals surface area contributed by atoms with Gasteiger partial charge in [0.05, 0.1) is 5.69 Å².